The van der Waals surface area contributed by atoms with Crippen LogP contribution >= 0.6 is 0 Å². The van der Waals surface area contributed by atoms with Crippen LogP contribution in [0.1, 0.15) is 31.9 Å². The van der Waals surface area contributed by atoms with Gasteiger partial charge < -0.3 is 10.5 Å². The molecule has 0 bridgehead atoms. The zero-order valence-electron chi connectivity index (χ0n) is 11.0. The van der Waals surface area contributed by atoms with Crippen molar-refractivity contribution in [2.45, 2.75) is 38.6 Å². The van der Waals surface area contributed by atoms with E-state index in [0.29, 0.717) is 0 Å². The van der Waals surface area contributed by atoms with Crippen LogP contribution in [0.2, 0.25) is 0 Å². The van der Waals surface area contributed by atoms with Crippen LogP contribution in [0.3, 0.4) is 0 Å². The molecule has 0 aliphatic rings. The number of methoxy groups -OCH3 is 1. The van der Waals surface area contributed by atoms with Crippen LogP contribution in [0.5, 0.6) is 0 Å². The second kappa shape index (κ2) is 5.32. The summed E-state index contributed by atoms with van der Waals surface area (Å²) in [6, 6.07) is 7.55. The van der Waals surface area contributed by atoms with Crippen molar-refractivity contribution in [2.75, 3.05) is 7.11 Å². The highest BCUT2D eigenvalue weighted by Crippen LogP contribution is 2.27. The predicted octanol–water partition coefficient (Wildman–Crippen LogP) is 2.03. The molecule has 3 nitrogen and oxygen atoms in total. The van der Waals surface area contributed by atoms with E-state index < -0.39 is 11.5 Å². The molecule has 0 saturated heterocycles. The lowest BCUT2D eigenvalue weighted by Gasteiger charge is -2.30. The van der Waals surface area contributed by atoms with Gasteiger partial charge in [-0.2, -0.15) is 0 Å². The van der Waals surface area contributed by atoms with Crippen LogP contribution in [0.15, 0.2) is 24.3 Å². The van der Waals surface area contributed by atoms with Crippen molar-refractivity contribution < 1.29 is 9.53 Å². The minimum Gasteiger partial charge on any atom is -0.468 e. The van der Waals surface area contributed by atoms with Crippen molar-refractivity contribution in [3.05, 3.63) is 35.4 Å². The van der Waals surface area contributed by atoms with E-state index in [1.54, 1.807) is 0 Å². The van der Waals surface area contributed by atoms with Crippen LogP contribution < -0.4 is 5.73 Å². The molecule has 94 valence electrons. The van der Waals surface area contributed by atoms with E-state index in [4.69, 9.17) is 10.5 Å². The van der Waals surface area contributed by atoms with Gasteiger partial charge in [0.1, 0.15) is 6.04 Å². The van der Waals surface area contributed by atoms with E-state index in [9.17, 15) is 4.79 Å². The van der Waals surface area contributed by atoms with Crippen molar-refractivity contribution in [1.82, 2.24) is 0 Å². The van der Waals surface area contributed by atoms with E-state index in [1.807, 2.05) is 26.0 Å². The fourth-order valence-electron chi connectivity index (χ4n) is 1.77. The van der Waals surface area contributed by atoms with Crippen LogP contribution in [0, 0.1) is 0 Å². The largest absolute Gasteiger partial charge is 0.468 e. The molecule has 1 aromatic rings. The third-order valence-electron chi connectivity index (χ3n) is 3.34. The molecule has 2 N–H and O–H groups in total. The topological polar surface area (TPSA) is 52.3 Å². The average molecular weight is 235 g/mol. The van der Waals surface area contributed by atoms with Gasteiger partial charge in [-0.1, -0.05) is 45.0 Å². The SMILES string of the molecule is CCc1ccc(C(C)(C)C(N)C(=O)OC)cc1. The number of aryl methyl sites for hydroxylation is 1. The number of benzene rings is 1. The summed E-state index contributed by atoms with van der Waals surface area (Å²) in [5.74, 6) is -0.380. The smallest absolute Gasteiger partial charge is 0.323 e. The molecule has 0 aliphatic carbocycles. The lowest BCUT2D eigenvalue weighted by atomic mass is 9.78. The zero-order chi connectivity index (χ0) is 13.1. The van der Waals surface area contributed by atoms with Crippen molar-refractivity contribution in [3.8, 4) is 0 Å². The van der Waals surface area contributed by atoms with E-state index in [-0.39, 0.29) is 5.97 Å². The maximum Gasteiger partial charge on any atom is 0.323 e. The highest BCUT2D eigenvalue weighted by molar-refractivity contribution is 5.77. The van der Waals surface area contributed by atoms with Crippen molar-refractivity contribution >= 4 is 5.97 Å². The molecule has 17 heavy (non-hydrogen) atoms. The van der Waals surface area contributed by atoms with Gasteiger partial charge in [0.25, 0.3) is 0 Å². The number of carbonyl (C=O) groups excluding carboxylic acids is 1. The van der Waals surface area contributed by atoms with Crippen molar-refractivity contribution in [2.24, 2.45) is 5.73 Å². The fraction of sp³-hybridized carbons (Fsp3) is 0.500. The van der Waals surface area contributed by atoms with Crippen LogP contribution in [-0.4, -0.2) is 19.1 Å². The van der Waals surface area contributed by atoms with Gasteiger partial charge in [0, 0.05) is 5.41 Å². The summed E-state index contributed by atoms with van der Waals surface area (Å²) in [5.41, 5.74) is 7.83. The second-order valence-electron chi connectivity index (χ2n) is 4.77. The molecule has 0 radical (unpaired) electrons. The standard InChI is InChI=1S/C14H21NO2/c1-5-10-6-8-11(9-7-10)14(2,3)12(15)13(16)17-4/h6-9,12H,5,15H2,1-4H3. The number of esters is 1. The summed E-state index contributed by atoms with van der Waals surface area (Å²) in [4.78, 5) is 11.5. The number of rotatable bonds is 4. The molecule has 0 amide bonds. The fourth-order valence-corrected chi connectivity index (χ4v) is 1.77. The molecule has 1 aromatic carbocycles. The van der Waals surface area contributed by atoms with Gasteiger partial charge >= 0.3 is 5.97 Å². The first-order valence-corrected chi connectivity index (χ1v) is 5.86. The predicted molar refractivity (Wildman–Crippen MR) is 68.8 cm³/mol. The van der Waals surface area contributed by atoms with Crippen LogP contribution in [0.4, 0.5) is 0 Å². The first-order valence-electron chi connectivity index (χ1n) is 5.86. The molecule has 1 atom stereocenters. The molecule has 0 saturated carbocycles. The van der Waals surface area contributed by atoms with E-state index in [2.05, 4.69) is 19.1 Å². The number of hydrogen-bond acceptors (Lipinski definition) is 3. The molecule has 1 rings (SSSR count). The maximum atomic E-state index is 11.5. The van der Waals surface area contributed by atoms with Crippen LogP contribution in [-0.2, 0) is 21.4 Å². The number of carbonyl (C=O) groups is 1. The maximum absolute atomic E-state index is 11.5. The van der Waals surface area contributed by atoms with Gasteiger partial charge in [0.15, 0.2) is 0 Å². The molecule has 0 aromatic heterocycles. The van der Waals surface area contributed by atoms with Gasteiger partial charge in [-0.05, 0) is 17.5 Å². The molecule has 0 heterocycles. The molecular formula is C14H21NO2. The Bertz CT molecular complexity index is 382. The molecule has 3 heteroatoms. The first-order chi connectivity index (χ1) is 7.93. The summed E-state index contributed by atoms with van der Waals surface area (Å²) in [6.45, 7) is 6.02. The highest BCUT2D eigenvalue weighted by atomic mass is 16.5. The molecule has 0 spiro atoms. The Labute approximate surface area is 103 Å². The number of nitrogens with two attached hydrogens (primary N) is 1. The minimum absolute atomic E-state index is 0.380. The van der Waals surface area contributed by atoms with Gasteiger partial charge in [-0.15, -0.1) is 0 Å². The Morgan fingerprint density at radius 3 is 2.29 bits per heavy atom. The van der Waals surface area contributed by atoms with E-state index in [0.717, 1.165) is 12.0 Å². The average Bonchev–Trinajstić information content (AvgIpc) is 2.36. The summed E-state index contributed by atoms with van der Waals surface area (Å²) in [7, 11) is 1.36. The highest BCUT2D eigenvalue weighted by Gasteiger charge is 2.34. The molecular weight excluding hydrogens is 214 g/mol. The second-order valence-corrected chi connectivity index (χ2v) is 4.77. The quantitative estimate of drug-likeness (QED) is 0.812. The first kappa shape index (κ1) is 13.7. The van der Waals surface area contributed by atoms with E-state index in [1.165, 1.54) is 12.7 Å². The lowest BCUT2D eigenvalue weighted by molar-refractivity contribution is -0.143. The Balaban J connectivity index is 2.99. The van der Waals surface area contributed by atoms with Gasteiger partial charge in [0.05, 0.1) is 7.11 Å². The molecule has 1 unspecified atom stereocenters. The normalized spacial score (nSPS) is 13.2. The number of ether oxygens (including phenoxy) is 1. The van der Waals surface area contributed by atoms with Crippen molar-refractivity contribution in [3.63, 3.8) is 0 Å². The van der Waals surface area contributed by atoms with E-state index >= 15 is 0 Å². The minimum atomic E-state index is -0.653. The Morgan fingerprint density at radius 1 is 1.35 bits per heavy atom. The monoisotopic (exact) mass is 235 g/mol. The number of hydrogen-bond donors (Lipinski definition) is 1. The van der Waals surface area contributed by atoms with Gasteiger partial charge in [0.2, 0.25) is 0 Å². The van der Waals surface area contributed by atoms with Crippen molar-refractivity contribution in [1.29, 1.82) is 0 Å². The lowest BCUT2D eigenvalue weighted by Crippen LogP contribution is -2.47. The van der Waals surface area contributed by atoms with Gasteiger partial charge in [-0.25, -0.2) is 0 Å². The summed E-state index contributed by atoms with van der Waals surface area (Å²) in [6.07, 6.45) is 1.00. The Morgan fingerprint density at radius 2 is 1.88 bits per heavy atom. The van der Waals surface area contributed by atoms with Crippen LogP contribution in [0.25, 0.3) is 0 Å². The summed E-state index contributed by atoms with van der Waals surface area (Å²) in [5, 5.41) is 0. The molecule has 0 aliphatic heterocycles. The summed E-state index contributed by atoms with van der Waals surface area (Å²) >= 11 is 0. The molecule has 0 fully saturated rings. The Kier molecular flexibility index (Phi) is 4.29. The Hall–Kier alpha value is -1.35. The third kappa shape index (κ3) is 2.86. The zero-order valence-corrected chi connectivity index (χ0v) is 11.0. The van der Waals surface area contributed by atoms with Gasteiger partial charge in [-0.3, -0.25) is 4.79 Å². The summed E-state index contributed by atoms with van der Waals surface area (Å²) < 4.78 is 4.70. The third-order valence-corrected chi connectivity index (χ3v) is 3.34.